The van der Waals surface area contributed by atoms with Crippen LogP contribution in [0.2, 0.25) is 0 Å². The second kappa shape index (κ2) is 7.74. The molecular weight excluding hydrogens is 322 g/mol. The van der Waals surface area contributed by atoms with Crippen LogP contribution in [0.5, 0.6) is 0 Å². The number of amides is 2. The average Bonchev–Trinajstić information content (AvgIpc) is 3.26. The maximum atomic E-state index is 12.1. The lowest BCUT2D eigenvalue weighted by molar-refractivity contribution is 0.251. The Morgan fingerprint density at radius 2 is 2.25 bits per heavy atom. The van der Waals surface area contributed by atoms with E-state index in [0.29, 0.717) is 13.1 Å². The van der Waals surface area contributed by atoms with E-state index in [0.717, 1.165) is 16.3 Å². The molecule has 3 rings (SSSR count). The number of thiazole rings is 1. The van der Waals surface area contributed by atoms with Crippen molar-refractivity contribution in [2.45, 2.75) is 19.4 Å². The second-order valence-corrected chi connectivity index (χ2v) is 6.44. The summed E-state index contributed by atoms with van der Waals surface area (Å²) in [5.74, 6) is 0.196. The van der Waals surface area contributed by atoms with Gasteiger partial charge < -0.3 is 10.6 Å². The van der Waals surface area contributed by atoms with Crippen molar-refractivity contribution < 1.29 is 4.79 Å². The lowest BCUT2D eigenvalue weighted by Crippen LogP contribution is -2.31. The Labute approximate surface area is 144 Å². The van der Waals surface area contributed by atoms with Gasteiger partial charge in [-0.25, -0.2) is 9.78 Å². The van der Waals surface area contributed by atoms with Crippen LogP contribution in [0.4, 0.5) is 10.5 Å². The topological polar surface area (TPSA) is 71.8 Å². The molecule has 6 nitrogen and oxygen atoms in total. The molecule has 2 N–H and O–H groups in total. The van der Waals surface area contributed by atoms with E-state index < -0.39 is 0 Å². The third-order valence-electron chi connectivity index (χ3n) is 3.53. The van der Waals surface area contributed by atoms with Crippen LogP contribution in [0.15, 0.2) is 54.3 Å². The van der Waals surface area contributed by atoms with E-state index in [1.807, 2.05) is 53.5 Å². The molecule has 0 aliphatic rings. The molecule has 124 valence electrons. The summed E-state index contributed by atoms with van der Waals surface area (Å²) in [6.45, 7) is 3.27. The molecule has 0 aliphatic carbocycles. The fraction of sp³-hybridized carbons (Fsp3) is 0.235. The molecule has 1 unspecified atom stereocenters. The van der Waals surface area contributed by atoms with E-state index in [1.54, 1.807) is 23.7 Å². The number of hydrogen-bond acceptors (Lipinski definition) is 4. The molecule has 2 amide bonds. The van der Waals surface area contributed by atoms with Gasteiger partial charge in [-0.2, -0.15) is 5.10 Å². The Balaban J connectivity index is 1.52. The smallest absolute Gasteiger partial charge is 0.319 e. The van der Waals surface area contributed by atoms with Gasteiger partial charge in [-0.05, 0) is 23.8 Å². The van der Waals surface area contributed by atoms with Gasteiger partial charge in [0, 0.05) is 42.1 Å². The first kappa shape index (κ1) is 16.2. The zero-order valence-corrected chi connectivity index (χ0v) is 14.2. The highest BCUT2D eigenvalue weighted by atomic mass is 32.1. The Morgan fingerprint density at radius 1 is 1.33 bits per heavy atom. The number of carbonyl (C=O) groups excluding carboxylic acids is 1. The third kappa shape index (κ3) is 4.42. The molecular formula is C17H19N5OS. The SMILES string of the molecule is CC(CNC(=O)Nc1cccc(Cn2cccn2)c1)c1nccs1. The van der Waals surface area contributed by atoms with Crippen molar-refractivity contribution in [1.82, 2.24) is 20.1 Å². The largest absolute Gasteiger partial charge is 0.337 e. The lowest BCUT2D eigenvalue weighted by atomic mass is 10.2. The highest BCUT2D eigenvalue weighted by Gasteiger charge is 2.10. The summed E-state index contributed by atoms with van der Waals surface area (Å²) < 4.78 is 1.84. The maximum Gasteiger partial charge on any atom is 0.319 e. The van der Waals surface area contributed by atoms with Gasteiger partial charge >= 0.3 is 6.03 Å². The van der Waals surface area contributed by atoms with Gasteiger partial charge in [0.25, 0.3) is 0 Å². The predicted octanol–water partition coefficient (Wildman–Crippen LogP) is 3.31. The van der Waals surface area contributed by atoms with E-state index in [2.05, 4.69) is 20.7 Å². The fourth-order valence-corrected chi connectivity index (χ4v) is 3.01. The molecule has 0 spiro atoms. The van der Waals surface area contributed by atoms with Crippen LogP contribution in [0.3, 0.4) is 0 Å². The van der Waals surface area contributed by atoms with Gasteiger partial charge in [0.1, 0.15) is 0 Å². The number of urea groups is 1. The first-order valence-electron chi connectivity index (χ1n) is 7.71. The lowest BCUT2D eigenvalue weighted by Gasteiger charge is -2.12. The van der Waals surface area contributed by atoms with Gasteiger partial charge in [0.05, 0.1) is 11.6 Å². The highest BCUT2D eigenvalue weighted by molar-refractivity contribution is 7.09. The summed E-state index contributed by atoms with van der Waals surface area (Å²) in [4.78, 5) is 16.3. The van der Waals surface area contributed by atoms with Crippen LogP contribution in [0.1, 0.15) is 23.4 Å². The van der Waals surface area contributed by atoms with Crippen molar-refractivity contribution in [3.63, 3.8) is 0 Å². The summed E-state index contributed by atoms with van der Waals surface area (Å²) in [6.07, 6.45) is 5.44. The zero-order valence-electron chi connectivity index (χ0n) is 13.3. The summed E-state index contributed by atoms with van der Waals surface area (Å²) in [6, 6.07) is 9.43. The van der Waals surface area contributed by atoms with E-state index in [-0.39, 0.29) is 11.9 Å². The van der Waals surface area contributed by atoms with E-state index in [4.69, 9.17) is 0 Å². The van der Waals surface area contributed by atoms with Crippen molar-refractivity contribution in [1.29, 1.82) is 0 Å². The first-order valence-corrected chi connectivity index (χ1v) is 8.59. The van der Waals surface area contributed by atoms with Gasteiger partial charge in [-0.15, -0.1) is 11.3 Å². The Kier molecular flexibility index (Phi) is 5.22. The third-order valence-corrected chi connectivity index (χ3v) is 4.54. The minimum Gasteiger partial charge on any atom is -0.337 e. The highest BCUT2D eigenvalue weighted by Crippen LogP contribution is 2.16. The van der Waals surface area contributed by atoms with Crippen LogP contribution in [-0.2, 0) is 6.54 Å². The molecule has 3 aromatic rings. The summed E-state index contributed by atoms with van der Waals surface area (Å²) in [5, 5.41) is 12.9. The minimum absolute atomic E-state index is 0.196. The van der Waals surface area contributed by atoms with Crippen LogP contribution in [0, 0.1) is 0 Å². The Morgan fingerprint density at radius 3 is 3.00 bits per heavy atom. The van der Waals surface area contributed by atoms with Crippen molar-refractivity contribution in [3.8, 4) is 0 Å². The molecule has 0 fully saturated rings. The van der Waals surface area contributed by atoms with Crippen LogP contribution >= 0.6 is 11.3 Å². The van der Waals surface area contributed by atoms with Crippen LogP contribution in [-0.4, -0.2) is 27.3 Å². The number of rotatable bonds is 6. The summed E-state index contributed by atoms with van der Waals surface area (Å²) in [5.41, 5.74) is 1.84. The monoisotopic (exact) mass is 341 g/mol. The van der Waals surface area contributed by atoms with Crippen molar-refractivity contribution in [3.05, 3.63) is 64.9 Å². The number of nitrogens with zero attached hydrogens (tertiary/aromatic N) is 3. The molecule has 2 aromatic heterocycles. The van der Waals surface area contributed by atoms with Gasteiger partial charge in [-0.3, -0.25) is 4.68 Å². The molecule has 1 aromatic carbocycles. The van der Waals surface area contributed by atoms with Crippen molar-refractivity contribution in [2.24, 2.45) is 0 Å². The van der Waals surface area contributed by atoms with Gasteiger partial charge in [-0.1, -0.05) is 19.1 Å². The Bertz CT molecular complexity index is 770. The maximum absolute atomic E-state index is 12.1. The Hall–Kier alpha value is -2.67. The van der Waals surface area contributed by atoms with Crippen LogP contribution in [0.25, 0.3) is 0 Å². The number of aromatic nitrogens is 3. The molecule has 0 radical (unpaired) electrons. The normalized spacial score (nSPS) is 11.9. The molecule has 0 aliphatic heterocycles. The van der Waals surface area contributed by atoms with Crippen molar-refractivity contribution in [2.75, 3.05) is 11.9 Å². The van der Waals surface area contributed by atoms with Gasteiger partial charge in [0.15, 0.2) is 0 Å². The number of anilines is 1. The van der Waals surface area contributed by atoms with Crippen molar-refractivity contribution >= 4 is 23.1 Å². The van der Waals surface area contributed by atoms with E-state index in [1.165, 1.54) is 0 Å². The molecule has 0 bridgehead atoms. The van der Waals surface area contributed by atoms with Crippen LogP contribution < -0.4 is 10.6 Å². The second-order valence-electron chi connectivity index (χ2n) is 5.51. The number of benzene rings is 1. The summed E-state index contributed by atoms with van der Waals surface area (Å²) in [7, 11) is 0. The summed E-state index contributed by atoms with van der Waals surface area (Å²) >= 11 is 1.60. The standard InChI is InChI=1S/C17H19N5OS/c1-13(16-18-7-9-24-16)11-19-17(23)21-15-5-2-4-14(10-15)12-22-8-3-6-20-22/h2-10,13H,11-12H2,1H3,(H2,19,21,23). The number of nitrogens with one attached hydrogen (secondary N) is 2. The minimum atomic E-state index is -0.213. The molecule has 7 heteroatoms. The molecule has 1 atom stereocenters. The molecule has 0 saturated carbocycles. The quantitative estimate of drug-likeness (QED) is 0.722. The van der Waals surface area contributed by atoms with E-state index in [9.17, 15) is 4.79 Å². The van der Waals surface area contributed by atoms with Gasteiger partial charge in [0.2, 0.25) is 0 Å². The zero-order chi connectivity index (χ0) is 16.8. The predicted molar refractivity (Wildman–Crippen MR) is 95.3 cm³/mol. The molecule has 2 heterocycles. The average molecular weight is 341 g/mol. The number of carbonyl (C=O) groups is 1. The molecule has 24 heavy (non-hydrogen) atoms. The number of hydrogen-bond donors (Lipinski definition) is 2. The molecule has 0 saturated heterocycles. The fourth-order valence-electron chi connectivity index (χ4n) is 2.31. The first-order chi connectivity index (χ1) is 11.7. The van der Waals surface area contributed by atoms with E-state index >= 15 is 0 Å².